The van der Waals surface area contributed by atoms with E-state index >= 15 is 0 Å². The molecule has 1 aliphatic heterocycles. The number of ether oxygens (including phenoxy) is 1. The third-order valence-corrected chi connectivity index (χ3v) is 5.09. The molecule has 2 aromatic heterocycles. The monoisotopic (exact) mass is 427 g/mol. The summed E-state index contributed by atoms with van der Waals surface area (Å²) in [5.74, 6) is -1.28. The molecule has 0 saturated carbocycles. The van der Waals surface area contributed by atoms with Gasteiger partial charge in [0.1, 0.15) is 11.9 Å². The summed E-state index contributed by atoms with van der Waals surface area (Å²) in [4.78, 5) is 28.7. The van der Waals surface area contributed by atoms with Crippen LogP contribution in [0.25, 0.3) is 16.8 Å². The third kappa shape index (κ3) is 3.54. The lowest BCUT2D eigenvalue weighted by Gasteiger charge is -2.09. The molecule has 0 unspecified atom stereocenters. The summed E-state index contributed by atoms with van der Waals surface area (Å²) in [7, 11) is 0. The van der Waals surface area contributed by atoms with Crippen molar-refractivity contribution in [2.75, 3.05) is 5.32 Å². The fraction of sp³-hybridized carbons (Fsp3) is 0.0870. The van der Waals surface area contributed by atoms with Crippen LogP contribution in [0.1, 0.15) is 34.0 Å². The molecule has 5 rings (SSSR count). The van der Waals surface area contributed by atoms with E-state index in [0.29, 0.717) is 27.9 Å². The number of amides is 1. The Morgan fingerprint density at radius 2 is 2.03 bits per heavy atom. The first kappa shape index (κ1) is 19.4. The SMILES string of the molecule is N#Cc1cc(F)cc(-c2ccc3nc(NC(=O)C[C@H]4OC(=O)c5ccccc54)nn3c2)c1. The lowest BCUT2D eigenvalue weighted by atomic mass is 10.0. The number of hydrogen-bond donors (Lipinski definition) is 1. The summed E-state index contributed by atoms with van der Waals surface area (Å²) in [5, 5.41) is 15.9. The number of nitriles is 1. The van der Waals surface area contributed by atoms with E-state index in [0.717, 1.165) is 6.07 Å². The molecule has 0 saturated heterocycles. The Kier molecular flexibility index (Phi) is 4.60. The largest absolute Gasteiger partial charge is 0.453 e. The molecule has 1 N–H and O–H groups in total. The maximum Gasteiger partial charge on any atom is 0.339 e. The number of carbonyl (C=O) groups excluding carboxylic acids is 2. The second-order valence-corrected chi connectivity index (χ2v) is 7.23. The number of benzene rings is 2. The molecule has 1 amide bonds. The molecule has 156 valence electrons. The summed E-state index contributed by atoms with van der Waals surface area (Å²) < 4.78 is 20.5. The minimum atomic E-state index is -0.662. The van der Waals surface area contributed by atoms with Gasteiger partial charge in [0.15, 0.2) is 5.65 Å². The van der Waals surface area contributed by atoms with Crippen LogP contribution >= 0.6 is 0 Å². The van der Waals surface area contributed by atoms with Gasteiger partial charge in [0, 0.05) is 17.3 Å². The molecule has 8 nitrogen and oxygen atoms in total. The third-order valence-electron chi connectivity index (χ3n) is 5.09. The van der Waals surface area contributed by atoms with Crippen LogP contribution in [-0.2, 0) is 9.53 Å². The van der Waals surface area contributed by atoms with Crippen molar-refractivity contribution in [1.29, 1.82) is 5.26 Å². The van der Waals surface area contributed by atoms with E-state index in [9.17, 15) is 14.0 Å². The zero-order valence-corrected chi connectivity index (χ0v) is 16.4. The van der Waals surface area contributed by atoms with Gasteiger partial charge in [-0.1, -0.05) is 18.2 Å². The Hall–Kier alpha value is -4.58. The number of carbonyl (C=O) groups is 2. The van der Waals surface area contributed by atoms with Gasteiger partial charge in [-0.2, -0.15) is 10.2 Å². The second kappa shape index (κ2) is 7.59. The zero-order chi connectivity index (χ0) is 22.2. The minimum Gasteiger partial charge on any atom is -0.453 e. The van der Waals surface area contributed by atoms with Crippen LogP contribution in [0.3, 0.4) is 0 Å². The molecule has 0 radical (unpaired) electrons. The van der Waals surface area contributed by atoms with E-state index in [4.69, 9.17) is 10.00 Å². The number of fused-ring (bicyclic) bond motifs is 2. The highest BCUT2D eigenvalue weighted by Gasteiger charge is 2.32. The average Bonchev–Trinajstić information content (AvgIpc) is 3.32. The van der Waals surface area contributed by atoms with Crippen molar-refractivity contribution >= 4 is 23.5 Å². The summed E-state index contributed by atoms with van der Waals surface area (Å²) in [5.41, 5.74) is 2.96. The van der Waals surface area contributed by atoms with E-state index in [1.807, 2.05) is 6.07 Å². The van der Waals surface area contributed by atoms with Gasteiger partial charge in [-0.15, -0.1) is 5.10 Å². The van der Waals surface area contributed by atoms with Gasteiger partial charge in [0.25, 0.3) is 0 Å². The molecule has 3 heterocycles. The topological polar surface area (TPSA) is 109 Å². The van der Waals surface area contributed by atoms with Crippen molar-refractivity contribution in [3.63, 3.8) is 0 Å². The molecule has 32 heavy (non-hydrogen) atoms. The van der Waals surface area contributed by atoms with E-state index in [-0.39, 0.29) is 17.9 Å². The van der Waals surface area contributed by atoms with Gasteiger partial charge in [-0.25, -0.2) is 13.7 Å². The number of halogens is 1. The molecule has 4 aromatic rings. The minimum absolute atomic E-state index is 0.0657. The number of hydrogen-bond acceptors (Lipinski definition) is 6. The predicted octanol–water partition coefficient (Wildman–Crippen LogP) is 3.65. The van der Waals surface area contributed by atoms with Crippen molar-refractivity contribution in [2.45, 2.75) is 12.5 Å². The number of nitrogens with zero attached hydrogens (tertiary/aromatic N) is 4. The van der Waals surface area contributed by atoms with Crippen molar-refractivity contribution in [2.24, 2.45) is 0 Å². The zero-order valence-electron chi connectivity index (χ0n) is 16.4. The van der Waals surface area contributed by atoms with E-state index in [2.05, 4.69) is 15.4 Å². The summed E-state index contributed by atoms with van der Waals surface area (Å²) in [6.07, 6.45) is 0.900. The molecule has 9 heteroatoms. The lowest BCUT2D eigenvalue weighted by molar-refractivity contribution is -0.118. The highest BCUT2D eigenvalue weighted by atomic mass is 19.1. The van der Waals surface area contributed by atoms with Gasteiger partial charge in [0.05, 0.1) is 23.6 Å². The number of nitrogens with one attached hydrogen (secondary N) is 1. The highest BCUT2D eigenvalue weighted by molar-refractivity contribution is 5.96. The van der Waals surface area contributed by atoms with Crippen LogP contribution in [0.2, 0.25) is 0 Å². The molecular weight excluding hydrogens is 413 g/mol. The number of aromatic nitrogens is 3. The fourth-order valence-corrected chi connectivity index (χ4v) is 3.64. The predicted molar refractivity (Wildman–Crippen MR) is 111 cm³/mol. The maximum absolute atomic E-state index is 13.8. The van der Waals surface area contributed by atoms with E-state index in [1.165, 1.54) is 10.6 Å². The maximum atomic E-state index is 13.8. The second-order valence-electron chi connectivity index (χ2n) is 7.23. The van der Waals surface area contributed by atoms with E-state index in [1.54, 1.807) is 48.7 Å². The van der Waals surface area contributed by atoms with Crippen LogP contribution in [0, 0.1) is 17.1 Å². The first-order valence-electron chi connectivity index (χ1n) is 9.67. The summed E-state index contributed by atoms with van der Waals surface area (Å²) in [6, 6.07) is 16.3. The van der Waals surface area contributed by atoms with Gasteiger partial charge < -0.3 is 4.74 Å². The quantitative estimate of drug-likeness (QED) is 0.498. The van der Waals surface area contributed by atoms with Gasteiger partial charge in [-0.3, -0.25) is 10.1 Å². The Balaban J connectivity index is 1.35. The standard InChI is InChI=1S/C23H14FN5O3/c24-16-8-13(11-25)7-15(9-16)14-5-6-20-26-23(28-29(20)12-14)27-21(30)10-19-17-3-1-2-4-18(17)22(31)32-19/h1-9,12,19H,10H2,(H,27,28,30)/t19-/m1/s1. The normalized spacial score (nSPS) is 14.6. The molecular formula is C23H14FN5O3. The van der Waals surface area contributed by atoms with Gasteiger partial charge >= 0.3 is 5.97 Å². The van der Waals surface area contributed by atoms with Crippen LogP contribution in [-0.4, -0.2) is 26.5 Å². The number of rotatable bonds is 4. The Labute approximate surface area is 180 Å². The number of esters is 1. The molecule has 1 atom stereocenters. The van der Waals surface area contributed by atoms with Gasteiger partial charge in [-0.05, 0) is 42.0 Å². The van der Waals surface area contributed by atoms with Crippen LogP contribution in [0.4, 0.5) is 10.3 Å². The Bertz CT molecular complexity index is 1440. The molecule has 0 bridgehead atoms. The highest BCUT2D eigenvalue weighted by Crippen LogP contribution is 2.33. The van der Waals surface area contributed by atoms with Crippen molar-refractivity contribution < 1.29 is 18.7 Å². The van der Waals surface area contributed by atoms with Crippen molar-refractivity contribution in [3.8, 4) is 17.2 Å². The Morgan fingerprint density at radius 3 is 2.88 bits per heavy atom. The van der Waals surface area contributed by atoms with Crippen molar-refractivity contribution in [1.82, 2.24) is 14.6 Å². The van der Waals surface area contributed by atoms with Crippen LogP contribution in [0.5, 0.6) is 0 Å². The Morgan fingerprint density at radius 1 is 1.19 bits per heavy atom. The van der Waals surface area contributed by atoms with Crippen LogP contribution in [0.15, 0.2) is 60.8 Å². The fourth-order valence-electron chi connectivity index (χ4n) is 3.64. The molecule has 1 aliphatic rings. The van der Waals surface area contributed by atoms with Crippen LogP contribution < -0.4 is 5.32 Å². The molecule has 0 spiro atoms. The van der Waals surface area contributed by atoms with Gasteiger partial charge in [0.2, 0.25) is 11.9 Å². The lowest BCUT2D eigenvalue weighted by Crippen LogP contribution is -2.16. The molecule has 2 aromatic carbocycles. The molecule has 0 fully saturated rings. The number of anilines is 1. The molecule has 0 aliphatic carbocycles. The summed E-state index contributed by atoms with van der Waals surface area (Å²) in [6.45, 7) is 0. The number of cyclic esters (lactones) is 1. The van der Waals surface area contributed by atoms with Crippen molar-refractivity contribution in [3.05, 3.63) is 83.3 Å². The number of pyridine rings is 1. The first-order valence-corrected chi connectivity index (χ1v) is 9.67. The first-order chi connectivity index (χ1) is 15.5. The average molecular weight is 427 g/mol. The smallest absolute Gasteiger partial charge is 0.339 e. The van der Waals surface area contributed by atoms with E-state index < -0.39 is 23.8 Å². The summed E-state index contributed by atoms with van der Waals surface area (Å²) >= 11 is 0.